The normalized spacial score (nSPS) is 28.6. The molecule has 1 N–H and O–H groups in total. The molecule has 90 valence electrons. The number of likely N-dealkylation sites (N-methyl/N-ethyl adjacent to an activating group) is 1. The Bertz CT molecular complexity index is 170. The zero-order valence-corrected chi connectivity index (χ0v) is 10.8. The summed E-state index contributed by atoms with van der Waals surface area (Å²) in [4.78, 5) is 0. The van der Waals surface area contributed by atoms with E-state index in [4.69, 9.17) is 4.74 Å². The minimum absolute atomic E-state index is 0.457. The molecule has 1 aliphatic heterocycles. The molecule has 1 saturated heterocycles. The maximum absolute atomic E-state index is 5.95. The standard InChI is InChI=1S/C13H27NO/c1-5-14-12(8-6-10(2)3)13-9-7-11(4)15-13/h10-14H,5-9H2,1-4H3. The van der Waals surface area contributed by atoms with Gasteiger partial charge in [-0.1, -0.05) is 20.8 Å². The molecule has 15 heavy (non-hydrogen) atoms. The molecule has 1 fully saturated rings. The molecule has 1 rings (SSSR count). The van der Waals surface area contributed by atoms with Crippen LogP contribution in [0.5, 0.6) is 0 Å². The SMILES string of the molecule is CCNC(CCC(C)C)C1CCC(C)O1. The van der Waals surface area contributed by atoms with Crippen LogP contribution in [0.2, 0.25) is 0 Å². The molecule has 0 aromatic rings. The fourth-order valence-corrected chi connectivity index (χ4v) is 2.32. The number of hydrogen-bond donors (Lipinski definition) is 1. The van der Waals surface area contributed by atoms with Crippen LogP contribution in [-0.2, 0) is 4.74 Å². The van der Waals surface area contributed by atoms with Crippen molar-refractivity contribution >= 4 is 0 Å². The Kier molecular flexibility index (Phi) is 5.62. The molecule has 0 radical (unpaired) electrons. The highest BCUT2D eigenvalue weighted by Crippen LogP contribution is 2.24. The first-order valence-corrected chi connectivity index (χ1v) is 6.52. The predicted octanol–water partition coefficient (Wildman–Crippen LogP) is 2.97. The molecule has 1 heterocycles. The molecule has 0 aromatic carbocycles. The summed E-state index contributed by atoms with van der Waals surface area (Å²) < 4.78 is 5.95. The molecule has 1 aliphatic rings. The summed E-state index contributed by atoms with van der Waals surface area (Å²) in [6.45, 7) is 10.0. The van der Waals surface area contributed by atoms with Crippen LogP contribution < -0.4 is 5.32 Å². The second-order valence-electron chi connectivity index (χ2n) is 5.20. The van der Waals surface area contributed by atoms with E-state index in [1.54, 1.807) is 0 Å². The Hall–Kier alpha value is -0.0800. The number of rotatable bonds is 6. The van der Waals surface area contributed by atoms with Crippen molar-refractivity contribution in [3.63, 3.8) is 0 Å². The van der Waals surface area contributed by atoms with Gasteiger partial charge in [0.15, 0.2) is 0 Å². The van der Waals surface area contributed by atoms with Crippen LogP contribution >= 0.6 is 0 Å². The van der Waals surface area contributed by atoms with Gasteiger partial charge >= 0.3 is 0 Å². The zero-order valence-electron chi connectivity index (χ0n) is 10.8. The molecular weight excluding hydrogens is 186 g/mol. The summed E-state index contributed by atoms with van der Waals surface area (Å²) >= 11 is 0. The molecule has 3 unspecified atom stereocenters. The monoisotopic (exact) mass is 213 g/mol. The molecule has 0 bridgehead atoms. The van der Waals surface area contributed by atoms with Crippen LogP contribution in [0, 0.1) is 5.92 Å². The predicted molar refractivity (Wildman–Crippen MR) is 65.1 cm³/mol. The van der Waals surface area contributed by atoms with Gasteiger partial charge in [0.05, 0.1) is 12.2 Å². The fourth-order valence-electron chi connectivity index (χ4n) is 2.32. The van der Waals surface area contributed by atoms with Crippen molar-refractivity contribution < 1.29 is 4.74 Å². The van der Waals surface area contributed by atoms with E-state index in [1.165, 1.54) is 25.7 Å². The van der Waals surface area contributed by atoms with Gasteiger partial charge in [0.25, 0.3) is 0 Å². The van der Waals surface area contributed by atoms with E-state index in [-0.39, 0.29) is 0 Å². The van der Waals surface area contributed by atoms with Gasteiger partial charge in [-0.2, -0.15) is 0 Å². The third kappa shape index (κ3) is 4.52. The molecule has 3 atom stereocenters. The number of hydrogen-bond acceptors (Lipinski definition) is 2. The Labute approximate surface area is 94.8 Å². The van der Waals surface area contributed by atoms with Gasteiger partial charge in [-0.05, 0) is 45.1 Å². The maximum atomic E-state index is 5.95. The van der Waals surface area contributed by atoms with Crippen molar-refractivity contribution in [2.45, 2.75) is 71.6 Å². The van der Waals surface area contributed by atoms with Gasteiger partial charge in [0.1, 0.15) is 0 Å². The highest BCUT2D eigenvalue weighted by atomic mass is 16.5. The lowest BCUT2D eigenvalue weighted by atomic mass is 9.98. The summed E-state index contributed by atoms with van der Waals surface area (Å²) in [6.07, 6.45) is 5.94. The van der Waals surface area contributed by atoms with Gasteiger partial charge in [-0.15, -0.1) is 0 Å². The Balaban J connectivity index is 2.35. The van der Waals surface area contributed by atoms with Crippen LogP contribution in [-0.4, -0.2) is 24.8 Å². The van der Waals surface area contributed by atoms with E-state index in [1.807, 2.05) is 0 Å². The minimum Gasteiger partial charge on any atom is -0.374 e. The first-order valence-electron chi connectivity index (χ1n) is 6.52. The lowest BCUT2D eigenvalue weighted by Gasteiger charge is -2.25. The van der Waals surface area contributed by atoms with Crippen LogP contribution in [0.3, 0.4) is 0 Å². The molecule has 0 saturated carbocycles. The van der Waals surface area contributed by atoms with Crippen molar-refractivity contribution in [1.29, 1.82) is 0 Å². The zero-order chi connectivity index (χ0) is 11.3. The van der Waals surface area contributed by atoms with Gasteiger partial charge in [-0.3, -0.25) is 0 Å². The largest absolute Gasteiger partial charge is 0.374 e. The molecule has 2 nitrogen and oxygen atoms in total. The van der Waals surface area contributed by atoms with Crippen LogP contribution in [0.15, 0.2) is 0 Å². The van der Waals surface area contributed by atoms with Crippen molar-refractivity contribution in [3.8, 4) is 0 Å². The molecule has 0 aromatic heterocycles. The van der Waals surface area contributed by atoms with E-state index in [9.17, 15) is 0 Å². The summed E-state index contributed by atoms with van der Waals surface area (Å²) in [6, 6.07) is 0.572. The van der Waals surface area contributed by atoms with Gasteiger partial charge < -0.3 is 10.1 Å². The van der Waals surface area contributed by atoms with Crippen molar-refractivity contribution in [2.75, 3.05) is 6.54 Å². The third-order valence-electron chi connectivity index (χ3n) is 3.23. The summed E-state index contributed by atoms with van der Waals surface area (Å²) in [5.41, 5.74) is 0. The quantitative estimate of drug-likeness (QED) is 0.732. The van der Waals surface area contributed by atoms with E-state index in [2.05, 4.69) is 33.0 Å². The van der Waals surface area contributed by atoms with Crippen LogP contribution in [0.1, 0.15) is 53.4 Å². The average molecular weight is 213 g/mol. The van der Waals surface area contributed by atoms with Crippen molar-refractivity contribution in [1.82, 2.24) is 5.32 Å². The number of nitrogens with one attached hydrogen (secondary N) is 1. The van der Waals surface area contributed by atoms with E-state index < -0.39 is 0 Å². The Morgan fingerprint density at radius 2 is 2.00 bits per heavy atom. The Morgan fingerprint density at radius 3 is 2.47 bits per heavy atom. The first-order chi connectivity index (χ1) is 7.13. The lowest BCUT2D eigenvalue weighted by molar-refractivity contribution is 0.0293. The summed E-state index contributed by atoms with van der Waals surface area (Å²) in [5.74, 6) is 0.796. The van der Waals surface area contributed by atoms with Gasteiger partial charge in [0, 0.05) is 6.04 Å². The Morgan fingerprint density at radius 1 is 1.27 bits per heavy atom. The van der Waals surface area contributed by atoms with Crippen molar-refractivity contribution in [2.24, 2.45) is 5.92 Å². The molecular formula is C13H27NO. The second-order valence-corrected chi connectivity index (χ2v) is 5.20. The van der Waals surface area contributed by atoms with E-state index >= 15 is 0 Å². The van der Waals surface area contributed by atoms with Gasteiger partial charge in [-0.25, -0.2) is 0 Å². The number of ether oxygens (including phenoxy) is 1. The lowest BCUT2D eigenvalue weighted by Crippen LogP contribution is -2.40. The second kappa shape index (κ2) is 6.49. The molecule has 0 amide bonds. The summed E-state index contributed by atoms with van der Waals surface area (Å²) in [5, 5.41) is 3.58. The maximum Gasteiger partial charge on any atom is 0.0732 e. The molecule has 0 aliphatic carbocycles. The highest BCUT2D eigenvalue weighted by molar-refractivity contribution is 4.82. The molecule has 0 spiro atoms. The third-order valence-corrected chi connectivity index (χ3v) is 3.23. The van der Waals surface area contributed by atoms with Crippen molar-refractivity contribution in [3.05, 3.63) is 0 Å². The smallest absolute Gasteiger partial charge is 0.0732 e. The van der Waals surface area contributed by atoms with E-state index in [0.717, 1.165) is 12.5 Å². The topological polar surface area (TPSA) is 21.3 Å². The van der Waals surface area contributed by atoms with E-state index in [0.29, 0.717) is 18.2 Å². The highest BCUT2D eigenvalue weighted by Gasteiger charge is 2.28. The molecule has 2 heteroatoms. The van der Waals surface area contributed by atoms with Crippen LogP contribution in [0.25, 0.3) is 0 Å². The average Bonchev–Trinajstić information content (AvgIpc) is 2.59. The summed E-state index contributed by atoms with van der Waals surface area (Å²) in [7, 11) is 0. The first kappa shape index (κ1) is 13.0. The van der Waals surface area contributed by atoms with Gasteiger partial charge in [0.2, 0.25) is 0 Å². The fraction of sp³-hybridized carbons (Fsp3) is 1.00. The van der Waals surface area contributed by atoms with Crippen LogP contribution in [0.4, 0.5) is 0 Å². The minimum atomic E-state index is 0.457.